The lowest BCUT2D eigenvalue weighted by molar-refractivity contribution is -0.144. The third-order valence-corrected chi connectivity index (χ3v) is 4.67. The summed E-state index contributed by atoms with van der Waals surface area (Å²) in [4.78, 5) is 13.3. The van der Waals surface area contributed by atoms with E-state index in [1.54, 1.807) is 6.20 Å². The molecule has 1 aliphatic rings. The molecule has 0 fully saturated rings. The zero-order valence-electron chi connectivity index (χ0n) is 15.1. The number of hydrogen-bond acceptors (Lipinski definition) is 6. The Bertz CT molecular complexity index is 1010. The van der Waals surface area contributed by atoms with E-state index in [2.05, 4.69) is 25.0 Å². The van der Waals surface area contributed by atoms with Crippen molar-refractivity contribution in [2.24, 2.45) is 0 Å². The smallest absolute Gasteiger partial charge is 0.383 e. The molecule has 0 aliphatic carbocycles. The maximum atomic E-state index is 12.7. The molecule has 10 heteroatoms. The first-order valence-electron chi connectivity index (χ1n) is 8.71. The van der Waals surface area contributed by atoms with E-state index in [0.29, 0.717) is 31.7 Å². The van der Waals surface area contributed by atoms with Gasteiger partial charge in [-0.15, -0.1) is 0 Å². The molecule has 1 aliphatic heterocycles. The molecule has 0 atom stereocenters. The lowest BCUT2D eigenvalue weighted by atomic mass is 10.1. The molecule has 0 saturated carbocycles. The normalized spacial score (nSPS) is 14.9. The fraction of sp³-hybridized carbons (Fsp3) is 0.333. The summed E-state index contributed by atoms with van der Waals surface area (Å²) in [5.41, 5.74) is 9.91. The first kappa shape index (κ1) is 18.4. The minimum atomic E-state index is -4.61. The summed E-state index contributed by atoms with van der Waals surface area (Å²) in [6.45, 7) is 4.31. The van der Waals surface area contributed by atoms with Crippen molar-refractivity contribution < 1.29 is 13.2 Å². The van der Waals surface area contributed by atoms with Crippen LogP contribution in [0.25, 0.3) is 11.4 Å². The van der Waals surface area contributed by atoms with Gasteiger partial charge in [0.05, 0.1) is 17.9 Å². The molecule has 0 bridgehead atoms. The van der Waals surface area contributed by atoms with E-state index in [1.807, 2.05) is 29.8 Å². The third kappa shape index (κ3) is 3.55. The first-order chi connectivity index (χ1) is 13.3. The molecule has 2 N–H and O–H groups in total. The van der Waals surface area contributed by atoms with Gasteiger partial charge < -0.3 is 5.73 Å². The van der Waals surface area contributed by atoms with E-state index >= 15 is 0 Å². The standard InChI is InChI=1S/C18H18F3N7/c1-11-3-2-4-23-15(11)14-7-13-10-27(5-6-28(13)26-14)9-12-8-24-17(18(19,20)21)25-16(12)22/h2-4,7-8H,5-6,9-10H2,1H3,(H2,22,24,25). The van der Waals surface area contributed by atoms with Gasteiger partial charge in [-0.05, 0) is 24.6 Å². The van der Waals surface area contributed by atoms with Gasteiger partial charge in [0.15, 0.2) is 0 Å². The molecule has 4 heterocycles. The van der Waals surface area contributed by atoms with Gasteiger partial charge in [0.25, 0.3) is 0 Å². The van der Waals surface area contributed by atoms with Gasteiger partial charge >= 0.3 is 6.18 Å². The second-order valence-electron chi connectivity index (χ2n) is 6.73. The zero-order valence-corrected chi connectivity index (χ0v) is 15.1. The van der Waals surface area contributed by atoms with Crippen LogP contribution in [0.2, 0.25) is 0 Å². The van der Waals surface area contributed by atoms with Crippen LogP contribution in [0.1, 0.15) is 22.6 Å². The van der Waals surface area contributed by atoms with E-state index in [-0.39, 0.29) is 5.82 Å². The summed E-state index contributed by atoms with van der Waals surface area (Å²) in [5, 5.41) is 4.63. The molecule has 0 aromatic carbocycles. The number of nitrogens with zero attached hydrogens (tertiary/aromatic N) is 6. The number of nitrogens with two attached hydrogens (primary N) is 1. The number of pyridine rings is 1. The summed E-state index contributed by atoms with van der Waals surface area (Å²) >= 11 is 0. The van der Waals surface area contributed by atoms with Crippen LogP contribution in [0, 0.1) is 6.92 Å². The van der Waals surface area contributed by atoms with E-state index in [1.165, 1.54) is 0 Å². The average molecular weight is 389 g/mol. The van der Waals surface area contributed by atoms with Gasteiger partial charge in [0.1, 0.15) is 11.5 Å². The second kappa shape index (κ2) is 6.86. The van der Waals surface area contributed by atoms with Gasteiger partial charge in [0.2, 0.25) is 5.82 Å². The molecule has 3 aromatic rings. The van der Waals surface area contributed by atoms with Crippen molar-refractivity contribution in [3.8, 4) is 11.4 Å². The van der Waals surface area contributed by atoms with Crippen LogP contribution >= 0.6 is 0 Å². The lowest BCUT2D eigenvalue weighted by Gasteiger charge is -2.27. The van der Waals surface area contributed by atoms with Crippen molar-refractivity contribution in [3.63, 3.8) is 0 Å². The van der Waals surface area contributed by atoms with E-state index in [4.69, 9.17) is 5.73 Å². The van der Waals surface area contributed by atoms with Gasteiger partial charge in [-0.3, -0.25) is 14.6 Å². The molecule has 0 unspecified atom stereocenters. The van der Waals surface area contributed by atoms with Crippen LogP contribution in [0.3, 0.4) is 0 Å². The third-order valence-electron chi connectivity index (χ3n) is 4.67. The summed E-state index contributed by atoms with van der Waals surface area (Å²) in [7, 11) is 0. The van der Waals surface area contributed by atoms with Crippen LogP contribution < -0.4 is 5.73 Å². The van der Waals surface area contributed by atoms with Crippen molar-refractivity contribution in [1.82, 2.24) is 29.6 Å². The second-order valence-corrected chi connectivity index (χ2v) is 6.73. The summed E-state index contributed by atoms with van der Waals surface area (Å²) in [6, 6.07) is 5.86. The number of aromatic nitrogens is 5. The Morgan fingerprint density at radius 2 is 2.04 bits per heavy atom. The Morgan fingerprint density at radius 3 is 2.75 bits per heavy atom. The molecule has 3 aromatic heterocycles. The van der Waals surface area contributed by atoms with Crippen LogP contribution in [0.15, 0.2) is 30.6 Å². The van der Waals surface area contributed by atoms with Crippen LogP contribution in [0.5, 0.6) is 0 Å². The summed E-state index contributed by atoms with van der Waals surface area (Å²) in [5.74, 6) is -1.37. The van der Waals surface area contributed by atoms with Gasteiger partial charge in [-0.2, -0.15) is 18.3 Å². The van der Waals surface area contributed by atoms with Gasteiger partial charge in [0, 0.05) is 37.6 Å². The number of nitrogen functional groups attached to an aromatic ring is 1. The lowest BCUT2D eigenvalue weighted by Crippen LogP contribution is -2.33. The number of aryl methyl sites for hydroxylation is 1. The van der Waals surface area contributed by atoms with Crippen molar-refractivity contribution >= 4 is 5.82 Å². The molecule has 0 spiro atoms. The number of hydrogen-bond donors (Lipinski definition) is 1. The van der Waals surface area contributed by atoms with Crippen LogP contribution in [-0.4, -0.2) is 36.2 Å². The van der Waals surface area contributed by atoms with E-state index in [0.717, 1.165) is 28.8 Å². The Balaban J connectivity index is 1.51. The number of halogens is 3. The van der Waals surface area contributed by atoms with Crippen molar-refractivity contribution in [3.05, 3.63) is 53.2 Å². The highest BCUT2D eigenvalue weighted by Gasteiger charge is 2.35. The Kier molecular flexibility index (Phi) is 4.50. The topological polar surface area (TPSA) is 85.8 Å². The summed E-state index contributed by atoms with van der Waals surface area (Å²) in [6.07, 6.45) is -1.72. The van der Waals surface area contributed by atoms with Crippen LogP contribution in [-0.2, 0) is 25.8 Å². The highest BCUT2D eigenvalue weighted by atomic mass is 19.4. The predicted octanol–water partition coefficient (Wildman–Crippen LogP) is 2.66. The summed E-state index contributed by atoms with van der Waals surface area (Å²) < 4.78 is 40.0. The maximum Gasteiger partial charge on any atom is 0.451 e. The number of anilines is 1. The first-order valence-corrected chi connectivity index (χ1v) is 8.71. The molecule has 28 heavy (non-hydrogen) atoms. The monoisotopic (exact) mass is 389 g/mol. The Hall–Kier alpha value is -3.01. The molecule has 4 rings (SSSR count). The molecule has 0 amide bonds. The van der Waals surface area contributed by atoms with Gasteiger partial charge in [-0.1, -0.05) is 6.07 Å². The minimum Gasteiger partial charge on any atom is -0.383 e. The molecular formula is C18H18F3N7. The Labute approximate surface area is 159 Å². The number of fused-ring (bicyclic) bond motifs is 1. The van der Waals surface area contributed by atoms with Crippen molar-refractivity contribution in [1.29, 1.82) is 0 Å². The quantitative estimate of drug-likeness (QED) is 0.741. The molecule has 0 radical (unpaired) electrons. The zero-order chi connectivity index (χ0) is 19.9. The van der Waals surface area contributed by atoms with Crippen LogP contribution in [0.4, 0.5) is 19.0 Å². The highest BCUT2D eigenvalue weighted by Crippen LogP contribution is 2.28. The number of alkyl halides is 3. The van der Waals surface area contributed by atoms with E-state index < -0.39 is 12.0 Å². The van der Waals surface area contributed by atoms with E-state index in [9.17, 15) is 13.2 Å². The minimum absolute atomic E-state index is 0.147. The Morgan fingerprint density at radius 1 is 1.21 bits per heavy atom. The average Bonchev–Trinajstić information content (AvgIpc) is 3.06. The fourth-order valence-corrected chi connectivity index (χ4v) is 3.24. The largest absolute Gasteiger partial charge is 0.451 e. The predicted molar refractivity (Wildman–Crippen MR) is 95.8 cm³/mol. The van der Waals surface area contributed by atoms with Gasteiger partial charge in [-0.25, -0.2) is 9.97 Å². The molecule has 146 valence electrons. The molecule has 7 nitrogen and oxygen atoms in total. The SMILES string of the molecule is Cc1cccnc1-c1cc2n(n1)CCN(Cc1cnc(C(F)(F)F)nc1N)C2. The molecular weight excluding hydrogens is 371 g/mol. The molecule has 0 saturated heterocycles. The number of rotatable bonds is 3. The fourth-order valence-electron chi connectivity index (χ4n) is 3.24. The van der Waals surface area contributed by atoms with Crippen molar-refractivity contribution in [2.45, 2.75) is 32.7 Å². The maximum absolute atomic E-state index is 12.7. The highest BCUT2D eigenvalue weighted by molar-refractivity contribution is 5.58. The van der Waals surface area contributed by atoms with Crippen molar-refractivity contribution in [2.75, 3.05) is 12.3 Å².